The smallest absolute Gasteiger partial charge is 0.317 e. The first-order valence-corrected chi connectivity index (χ1v) is 9.94. The zero-order valence-corrected chi connectivity index (χ0v) is 16.4. The molecule has 154 valence electrons. The zero-order valence-electron chi connectivity index (χ0n) is 16.4. The van der Waals surface area contributed by atoms with Crippen LogP contribution in [-0.4, -0.2) is 87.1 Å². The standard InChI is InChI=1S/C20H30N4O4/c1-16(17-5-3-2-4-6-17)18(22-20(26)24-9-13-28-14-10-24)15-21-19(25)23-7-11-27-12-8-23/h2-6,16,18H,7-15H2,1H3,(H,21,25)(H,22,26)/t16-,18+/m0/s1. The molecule has 2 atom stereocenters. The molecule has 2 N–H and O–H groups in total. The molecule has 0 saturated carbocycles. The van der Waals surface area contributed by atoms with Gasteiger partial charge in [-0.3, -0.25) is 0 Å². The second kappa shape index (κ2) is 10.3. The van der Waals surface area contributed by atoms with Gasteiger partial charge >= 0.3 is 12.1 Å². The van der Waals surface area contributed by atoms with Crippen LogP contribution in [0.4, 0.5) is 9.59 Å². The van der Waals surface area contributed by atoms with E-state index < -0.39 is 0 Å². The number of hydrogen-bond donors (Lipinski definition) is 2. The SMILES string of the molecule is C[C@@H](c1ccccc1)[C@@H](CNC(=O)N1CCOCC1)NC(=O)N1CCOCC1. The van der Waals surface area contributed by atoms with Crippen LogP contribution in [0.25, 0.3) is 0 Å². The molecule has 0 aromatic heterocycles. The number of morpholine rings is 2. The highest BCUT2D eigenvalue weighted by atomic mass is 16.5. The summed E-state index contributed by atoms with van der Waals surface area (Å²) in [7, 11) is 0. The van der Waals surface area contributed by atoms with E-state index in [2.05, 4.69) is 17.6 Å². The van der Waals surface area contributed by atoms with Gasteiger partial charge in [0.15, 0.2) is 0 Å². The van der Waals surface area contributed by atoms with Crippen molar-refractivity contribution in [2.75, 3.05) is 59.2 Å². The van der Waals surface area contributed by atoms with Gasteiger partial charge in [-0.2, -0.15) is 0 Å². The van der Waals surface area contributed by atoms with E-state index in [1.165, 1.54) is 0 Å². The Morgan fingerprint density at radius 3 is 2.04 bits per heavy atom. The van der Waals surface area contributed by atoms with Crippen molar-refractivity contribution in [1.29, 1.82) is 0 Å². The lowest BCUT2D eigenvalue weighted by Crippen LogP contribution is -2.55. The Bertz CT molecular complexity index is 630. The van der Waals surface area contributed by atoms with Gasteiger partial charge in [0.25, 0.3) is 0 Å². The van der Waals surface area contributed by atoms with E-state index in [0.717, 1.165) is 5.56 Å². The van der Waals surface area contributed by atoms with Crippen molar-refractivity contribution in [3.8, 4) is 0 Å². The molecule has 0 unspecified atom stereocenters. The van der Waals surface area contributed by atoms with Crippen LogP contribution in [0.2, 0.25) is 0 Å². The van der Waals surface area contributed by atoms with Crippen LogP contribution in [0, 0.1) is 0 Å². The normalized spacial score (nSPS) is 19.6. The third-order valence-corrected chi connectivity index (χ3v) is 5.31. The molecule has 2 aliphatic rings. The van der Waals surface area contributed by atoms with Gasteiger partial charge in [-0.15, -0.1) is 0 Å². The van der Waals surface area contributed by atoms with E-state index >= 15 is 0 Å². The first-order valence-electron chi connectivity index (χ1n) is 9.94. The fourth-order valence-corrected chi connectivity index (χ4v) is 3.43. The van der Waals surface area contributed by atoms with Crippen LogP contribution < -0.4 is 10.6 Å². The van der Waals surface area contributed by atoms with Gasteiger partial charge in [0.2, 0.25) is 0 Å². The van der Waals surface area contributed by atoms with Crippen LogP contribution in [0.1, 0.15) is 18.4 Å². The Kier molecular flexibility index (Phi) is 7.50. The van der Waals surface area contributed by atoms with Crippen molar-refractivity contribution in [1.82, 2.24) is 20.4 Å². The Morgan fingerprint density at radius 1 is 0.929 bits per heavy atom. The fraction of sp³-hybridized carbons (Fsp3) is 0.600. The summed E-state index contributed by atoms with van der Waals surface area (Å²) >= 11 is 0. The topological polar surface area (TPSA) is 83.1 Å². The number of benzene rings is 1. The number of urea groups is 2. The molecule has 8 heteroatoms. The predicted molar refractivity (Wildman–Crippen MR) is 105 cm³/mol. The highest BCUT2D eigenvalue weighted by molar-refractivity contribution is 5.76. The van der Waals surface area contributed by atoms with Crippen LogP contribution >= 0.6 is 0 Å². The molecule has 2 aliphatic heterocycles. The third kappa shape index (κ3) is 5.59. The number of nitrogens with one attached hydrogen (secondary N) is 2. The molecule has 0 radical (unpaired) electrons. The van der Waals surface area contributed by atoms with Gasteiger partial charge in [-0.05, 0) is 5.56 Å². The molecule has 1 aromatic carbocycles. The molecule has 8 nitrogen and oxygen atoms in total. The summed E-state index contributed by atoms with van der Waals surface area (Å²) in [5, 5.41) is 6.10. The average Bonchev–Trinajstić information content (AvgIpc) is 2.77. The van der Waals surface area contributed by atoms with E-state index in [4.69, 9.17) is 9.47 Å². The van der Waals surface area contributed by atoms with E-state index in [1.54, 1.807) is 9.80 Å². The van der Waals surface area contributed by atoms with E-state index in [0.29, 0.717) is 59.2 Å². The van der Waals surface area contributed by atoms with Crippen molar-refractivity contribution < 1.29 is 19.1 Å². The maximum atomic E-state index is 12.7. The molecule has 28 heavy (non-hydrogen) atoms. The molecule has 3 rings (SSSR count). The number of carbonyl (C=O) groups excluding carboxylic acids is 2. The lowest BCUT2D eigenvalue weighted by atomic mass is 9.93. The number of nitrogens with zero attached hydrogens (tertiary/aromatic N) is 2. The van der Waals surface area contributed by atoms with Crippen LogP contribution in [0.5, 0.6) is 0 Å². The summed E-state index contributed by atoms with van der Waals surface area (Å²) in [6.45, 7) is 7.01. The summed E-state index contributed by atoms with van der Waals surface area (Å²) in [6, 6.07) is 9.58. The van der Waals surface area contributed by atoms with Gasteiger partial charge in [0.05, 0.1) is 32.5 Å². The highest BCUT2D eigenvalue weighted by Crippen LogP contribution is 2.19. The van der Waals surface area contributed by atoms with Crippen LogP contribution in [0.3, 0.4) is 0 Å². The van der Waals surface area contributed by atoms with E-state index in [1.807, 2.05) is 30.3 Å². The summed E-state index contributed by atoms with van der Waals surface area (Å²) in [6.07, 6.45) is 0. The molecule has 0 spiro atoms. The van der Waals surface area contributed by atoms with Gasteiger partial charge in [0, 0.05) is 38.6 Å². The van der Waals surface area contributed by atoms with Crippen LogP contribution in [0.15, 0.2) is 30.3 Å². The van der Waals surface area contributed by atoms with Crippen molar-refractivity contribution in [3.05, 3.63) is 35.9 Å². The number of amides is 4. The molecule has 2 saturated heterocycles. The van der Waals surface area contributed by atoms with Gasteiger partial charge in [-0.1, -0.05) is 37.3 Å². The quantitative estimate of drug-likeness (QED) is 0.793. The van der Waals surface area contributed by atoms with Crippen molar-refractivity contribution in [2.24, 2.45) is 0 Å². The zero-order chi connectivity index (χ0) is 19.8. The first kappa shape index (κ1) is 20.4. The number of carbonyl (C=O) groups is 2. The molecule has 0 aliphatic carbocycles. The average molecular weight is 390 g/mol. The minimum atomic E-state index is -0.220. The minimum Gasteiger partial charge on any atom is -0.378 e. The summed E-state index contributed by atoms with van der Waals surface area (Å²) in [5.74, 6) is 0.0520. The monoisotopic (exact) mass is 390 g/mol. The fourth-order valence-electron chi connectivity index (χ4n) is 3.43. The minimum absolute atomic E-state index is 0.0520. The maximum absolute atomic E-state index is 12.7. The molecule has 0 bridgehead atoms. The largest absolute Gasteiger partial charge is 0.378 e. The van der Waals surface area contributed by atoms with E-state index in [9.17, 15) is 9.59 Å². The number of ether oxygens (including phenoxy) is 2. The van der Waals surface area contributed by atoms with Crippen molar-refractivity contribution in [2.45, 2.75) is 18.9 Å². The second-order valence-corrected chi connectivity index (χ2v) is 7.14. The maximum Gasteiger partial charge on any atom is 0.317 e. The second-order valence-electron chi connectivity index (χ2n) is 7.14. The van der Waals surface area contributed by atoms with Crippen molar-refractivity contribution in [3.63, 3.8) is 0 Å². The predicted octanol–water partition coefficient (Wildman–Crippen LogP) is 1.24. The highest BCUT2D eigenvalue weighted by Gasteiger charge is 2.26. The summed E-state index contributed by atoms with van der Waals surface area (Å²) < 4.78 is 10.6. The molecular formula is C20H30N4O4. The summed E-state index contributed by atoms with van der Waals surface area (Å²) in [5.41, 5.74) is 1.12. The number of hydrogen-bond acceptors (Lipinski definition) is 4. The Balaban J connectivity index is 1.63. The lowest BCUT2D eigenvalue weighted by molar-refractivity contribution is 0.0513. The Labute approximate surface area is 166 Å². The van der Waals surface area contributed by atoms with Gasteiger partial charge in [-0.25, -0.2) is 9.59 Å². The Hall–Kier alpha value is -2.32. The Morgan fingerprint density at radius 2 is 1.46 bits per heavy atom. The molecular weight excluding hydrogens is 360 g/mol. The van der Waals surface area contributed by atoms with Gasteiger partial charge in [0.1, 0.15) is 0 Å². The van der Waals surface area contributed by atoms with Crippen LogP contribution in [-0.2, 0) is 9.47 Å². The third-order valence-electron chi connectivity index (χ3n) is 5.31. The number of rotatable bonds is 5. The molecule has 2 fully saturated rings. The molecule has 2 heterocycles. The van der Waals surface area contributed by atoms with Crippen molar-refractivity contribution >= 4 is 12.1 Å². The lowest BCUT2D eigenvalue weighted by Gasteiger charge is -2.33. The summed E-state index contributed by atoms with van der Waals surface area (Å²) in [4.78, 5) is 28.7. The first-order chi connectivity index (χ1) is 13.6. The molecule has 1 aromatic rings. The molecule has 4 amide bonds. The van der Waals surface area contributed by atoms with Gasteiger partial charge < -0.3 is 29.9 Å². The van der Waals surface area contributed by atoms with E-state index in [-0.39, 0.29) is 24.0 Å².